The van der Waals surface area contributed by atoms with Crippen LogP contribution in [-0.2, 0) is 16.1 Å². The summed E-state index contributed by atoms with van der Waals surface area (Å²) in [4.78, 5) is 30.5. The number of methoxy groups -OCH3 is 1. The molecule has 2 aromatic carbocycles. The van der Waals surface area contributed by atoms with Crippen LogP contribution < -0.4 is 9.46 Å². The SMILES string of the molecule is CCN1CCCC1C(=O)N(C)Cc1cc(F)ccc1SNc1ccc2c(c1C(=O)OC)OCC1CC21. The number of anilines is 1. The number of carbonyl (C=O) groups is 2. The highest BCUT2D eigenvalue weighted by Gasteiger charge is 2.45. The van der Waals surface area contributed by atoms with E-state index in [9.17, 15) is 14.0 Å². The quantitative estimate of drug-likeness (QED) is 0.406. The Morgan fingerprint density at radius 3 is 2.92 bits per heavy atom. The van der Waals surface area contributed by atoms with Crippen LogP contribution in [-0.4, -0.2) is 61.6 Å². The van der Waals surface area contributed by atoms with Gasteiger partial charge < -0.3 is 19.1 Å². The summed E-state index contributed by atoms with van der Waals surface area (Å²) in [6.07, 6.45) is 2.94. The summed E-state index contributed by atoms with van der Waals surface area (Å²) in [5.41, 5.74) is 2.70. The molecule has 36 heavy (non-hydrogen) atoms. The van der Waals surface area contributed by atoms with Crippen LogP contribution in [0.2, 0.25) is 0 Å². The van der Waals surface area contributed by atoms with Crippen molar-refractivity contribution in [2.24, 2.45) is 5.92 Å². The number of nitrogens with zero attached hydrogens (tertiary/aromatic N) is 2. The minimum Gasteiger partial charge on any atom is -0.492 e. The van der Waals surface area contributed by atoms with Crippen LogP contribution in [0.3, 0.4) is 0 Å². The molecule has 3 unspecified atom stereocenters. The van der Waals surface area contributed by atoms with Gasteiger partial charge in [0.1, 0.15) is 17.1 Å². The number of benzene rings is 2. The van der Waals surface area contributed by atoms with E-state index in [1.54, 1.807) is 18.0 Å². The molecule has 3 aliphatic rings. The molecule has 2 aliphatic heterocycles. The van der Waals surface area contributed by atoms with Gasteiger partial charge in [0, 0.05) is 24.4 Å². The number of likely N-dealkylation sites (N-methyl/N-ethyl adjacent to an activating group) is 2. The second kappa shape index (κ2) is 10.3. The van der Waals surface area contributed by atoms with Crippen LogP contribution in [0.25, 0.3) is 0 Å². The number of fused-ring (bicyclic) bond motifs is 3. The molecule has 2 fully saturated rings. The standard InChI is InChI=1S/C27H32FN3O4S/c1-4-31-11-5-6-22(31)26(32)30(2)14-16-12-18(28)7-10-23(16)36-29-21-9-8-19-20-13-17(20)15-35-25(19)24(21)27(33)34-3/h7-10,12,17,20,22,29H,4-6,11,13-15H2,1-3H3. The number of hydrogen-bond donors (Lipinski definition) is 1. The van der Waals surface area contributed by atoms with E-state index in [1.807, 2.05) is 12.1 Å². The molecule has 0 spiro atoms. The molecule has 192 valence electrons. The van der Waals surface area contributed by atoms with E-state index in [0.29, 0.717) is 41.0 Å². The van der Waals surface area contributed by atoms with Gasteiger partial charge in [-0.25, -0.2) is 9.18 Å². The number of halogens is 1. The van der Waals surface area contributed by atoms with Crippen molar-refractivity contribution in [2.45, 2.75) is 49.6 Å². The molecule has 1 amide bonds. The van der Waals surface area contributed by atoms with Crippen molar-refractivity contribution in [3.8, 4) is 5.75 Å². The van der Waals surface area contributed by atoms with E-state index in [1.165, 1.54) is 31.2 Å². The van der Waals surface area contributed by atoms with Crippen LogP contribution in [0.4, 0.5) is 10.1 Å². The molecule has 9 heteroatoms. The number of esters is 1. The molecule has 0 aromatic heterocycles. The molecular weight excluding hydrogens is 481 g/mol. The van der Waals surface area contributed by atoms with E-state index in [-0.39, 0.29) is 24.3 Å². The van der Waals surface area contributed by atoms with Crippen LogP contribution in [0.5, 0.6) is 5.75 Å². The van der Waals surface area contributed by atoms with Crippen molar-refractivity contribution in [1.82, 2.24) is 9.80 Å². The average molecular weight is 514 g/mol. The summed E-state index contributed by atoms with van der Waals surface area (Å²) < 4.78 is 28.5. The normalized spacial score (nSPS) is 22.3. The van der Waals surface area contributed by atoms with Gasteiger partial charge >= 0.3 is 5.97 Å². The lowest BCUT2D eigenvalue weighted by atomic mass is 10.0. The molecular formula is C27H32FN3O4S. The number of rotatable bonds is 8. The van der Waals surface area contributed by atoms with E-state index < -0.39 is 5.97 Å². The summed E-state index contributed by atoms with van der Waals surface area (Å²) in [5.74, 6) is 0.803. The van der Waals surface area contributed by atoms with Crippen molar-refractivity contribution < 1.29 is 23.5 Å². The third-order valence-electron chi connectivity index (χ3n) is 7.47. The minimum absolute atomic E-state index is 0.0562. The summed E-state index contributed by atoms with van der Waals surface area (Å²) in [6, 6.07) is 8.32. The van der Waals surface area contributed by atoms with Crippen molar-refractivity contribution in [2.75, 3.05) is 38.6 Å². The summed E-state index contributed by atoms with van der Waals surface area (Å²) in [7, 11) is 3.12. The van der Waals surface area contributed by atoms with Gasteiger partial charge in [-0.3, -0.25) is 9.69 Å². The number of likely N-dealkylation sites (tertiary alicyclic amines) is 1. The molecule has 3 atom stereocenters. The maximum Gasteiger partial charge on any atom is 0.343 e. The van der Waals surface area contributed by atoms with Gasteiger partial charge in [0.25, 0.3) is 0 Å². The zero-order valence-corrected chi connectivity index (χ0v) is 21.7. The first kappa shape index (κ1) is 24.9. The van der Waals surface area contributed by atoms with Crippen molar-refractivity contribution >= 4 is 29.5 Å². The maximum absolute atomic E-state index is 14.2. The predicted octanol–water partition coefficient (Wildman–Crippen LogP) is 4.67. The number of ether oxygens (including phenoxy) is 2. The second-order valence-electron chi connectivity index (χ2n) is 9.75. The van der Waals surface area contributed by atoms with Crippen molar-refractivity contribution in [3.63, 3.8) is 0 Å². The zero-order chi connectivity index (χ0) is 25.4. The molecule has 1 saturated carbocycles. The summed E-state index contributed by atoms with van der Waals surface area (Å²) in [6.45, 7) is 4.73. The fourth-order valence-corrected chi connectivity index (χ4v) is 6.17. The van der Waals surface area contributed by atoms with Crippen LogP contribution in [0, 0.1) is 11.7 Å². The second-order valence-corrected chi connectivity index (χ2v) is 10.6. The molecule has 2 aromatic rings. The molecule has 0 bridgehead atoms. The van der Waals surface area contributed by atoms with Crippen LogP contribution >= 0.6 is 11.9 Å². The number of carbonyl (C=O) groups excluding carboxylic acids is 2. The highest BCUT2D eigenvalue weighted by molar-refractivity contribution is 8.00. The van der Waals surface area contributed by atoms with Gasteiger partial charge in [0.15, 0.2) is 0 Å². The fourth-order valence-electron chi connectivity index (χ4n) is 5.39. The largest absolute Gasteiger partial charge is 0.492 e. The number of nitrogens with one attached hydrogen (secondary N) is 1. The molecule has 0 radical (unpaired) electrons. The molecule has 7 nitrogen and oxygen atoms in total. The van der Waals surface area contributed by atoms with Crippen LogP contribution in [0.15, 0.2) is 35.2 Å². The Bertz CT molecular complexity index is 1180. The highest BCUT2D eigenvalue weighted by atomic mass is 32.2. The van der Waals surface area contributed by atoms with Crippen molar-refractivity contribution in [3.05, 3.63) is 52.8 Å². The lowest BCUT2D eigenvalue weighted by molar-refractivity contribution is -0.135. The molecule has 1 aliphatic carbocycles. The monoisotopic (exact) mass is 513 g/mol. The van der Waals surface area contributed by atoms with Gasteiger partial charge in [-0.2, -0.15) is 0 Å². The van der Waals surface area contributed by atoms with E-state index in [0.717, 1.165) is 42.8 Å². The highest BCUT2D eigenvalue weighted by Crippen LogP contribution is 2.55. The molecule has 1 saturated heterocycles. The molecule has 1 N–H and O–H groups in total. The Labute approximate surface area is 215 Å². The van der Waals surface area contributed by atoms with E-state index in [4.69, 9.17) is 9.47 Å². The lowest BCUT2D eigenvalue weighted by Gasteiger charge is -2.27. The third-order valence-corrected chi connectivity index (χ3v) is 8.41. The Balaban J connectivity index is 1.35. The number of hydrogen-bond acceptors (Lipinski definition) is 7. The van der Waals surface area contributed by atoms with Gasteiger partial charge in [-0.1, -0.05) is 13.0 Å². The average Bonchev–Trinajstić information content (AvgIpc) is 3.54. The Hall–Kier alpha value is -2.78. The smallest absolute Gasteiger partial charge is 0.343 e. The van der Waals surface area contributed by atoms with E-state index in [2.05, 4.69) is 16.5 Å². The van der Waals surface area contributed by atoms with Gasteiger partial charge in [-0.05, 0) is 85.6 Å². The first-order valence-electron chi connectivity index (χ1n) is 12.5. The fraction of sp³-hybridized carbons (Fsp3) is 0.481. The Morgan fingerprint density at radius 2 is 2.14 bits per heavy atom. The van der Waals surface area contributed by atoms with Gasteiger partial charge in [0.05, 0.1) is 25.4 Å². The van der Waals surface area contributed by atoms with E-state index >= 15 is 0 Å². The third kappa shape index (κ3) is 4.78. The van der Waals surface area contributed by atoms with Gasteiger partial charge in [-0.15, -0.1) is 0 Å². The predicted molar refractivity (Wildman–Crippen MR) is 137 cm³/mol. The van der Waals surface area contributed by atoms with Gasteiger partial charge in [0.2, 0.25) is 5.91 Å². The van der Waals surface area contributed by atoms with Crippen LogP contribution in [0.1, 0.15) is 53.6 Å². The lowest BCUT2D eigenvalue weighted by Crippen LogP contribution is -2.43. The Kier molecular flexibility index (Phi) is 7.12. The summed E-state index contributed by atoms with van der Waals surface area (Å²) in [5, 5.41) is 0. The first-order chi connectivity index (χ1) is 17.4. The minimum atomic E-state index is -0.462. The summed E-state index contributed by atoms with van der Waals surface area (Å²) >= 11 is 1.28. The number of amides is 1. The maximum atomic E-state index is 14.2. The molecule has 2 heterocycles. The zero-order valence-electron chi connectivity index (χ0n) is 20.9. The first-order valence-corrected chi connectivity index (χ1v) is 13.3. The van der Waals surface area contributed by atoms with Crippen molar-refractivity contribution in [1.29, 1.82) is 0 Å². The topological polar surface area (TPSA) is 71.1 Å². The Morgan fingerprint density at radius 1 is 1.31 bits per heavy atom. The molecule has 5 rings (SSSR count).